The molecule has 0 N–H and O–H groups in total. The summed E-state index contributed by atoms with van der Waals surface area (Å²) in [6, 6.07) is 5.64. The van der Waals surface area contributed by atoms with Gasteiger partial charge in [-0.15, -0.1) is 0 Å². The molecule has 6 heteroatoms. The Morgan fingerprint density at radius 2 is 1.90 bits per heavy atom. The number of methoxy groups -OCH3 is 2. The van der Waals surface area contributed by atoms with Gasteiger partial charge in [0.05, 0.1) is 19.9 Å². The second-order valence-electron chi connectivity index (χ2n) is 8.21. The molecule has 0 unspecified atom stereocenters. The fourth-order valence-corrected chi connectivity index (χ4v) is 4.80. The van der Waals surface area contributed by atoms with Crippen LogP contribution in [0.3, 0.4) is 0 Å². The molecule has 6 nitrogen and oxygen atoms in total. The van der Waals surface area contributed by atoms with E-state index in [2.05, 4.69) is 5.16 Å². The van der Waals surface area contributed by atoms with Crippen LogP contribution in [0.25, 0.3) is 0 Å². The number of aromatic nitrogens is 1. The van der Waals surface area contributed by atoms with Gasteiger partial charge < -0.3 is 18.9 Å². The van der Waals surface area contributed by atoms with Crippen LogP contribution in [-0.2, 0) is 11.2 Å². The lowest BCUT2D eigenvalue weighted by molar-refractivity contribution is -0.134. The average Bonchev–Trinajstić information content (AvgIpc) is 3.41. The summed E-state index contributed by atoms with van der Waals surface area (Å²) in [5.41, 5.74) is 2.99. The van der Waals surface area contributed by atoms with E-state index in [1.54, 1.807) is 14.2 Å². The number of aryl methyl sites for hydroxylation is 1. The maximum atomic E-state index is 13.2. The molecule has 1 aliphatic heterocycles. The molecule has 0 spiro atoms. The van der Waals surface area contributed by atoms with Crippen LogP contribution in [-0.4, -0.2) is 36.7 Å². The van der Waals surface area contributed by atoms with Crippen molar-refractivity contribution in [1.82, 2.24) is 10.1 Å². The molecule has 29 heavy (non-hydrogen) atoms. The zero-order valence-corrected chi connectivity index (χ0v) is 17.6. The topological polar surface area (TPSA) is 64.8 Å². The molecule has 1 aromatic heterocycles. The van der Waals surface area contributed by atoms with Gasteiger partial charge in [-0.05, 0) is 48.9 Å². The number of ether oxygens (including phenoxy) is 2. The maximum Gasteiger partial charge on any atom is 0.223 e. The molecule has 1 aromatic carbocycles. The zero-order valence-electron chi connectivity index (χ0n) is 17.6. The van der Waals surface area contributed by atoms with E-state index in [0.29, 0.717) is 36.1 Å². The van der Waals surface area contributed by atoms with Gasteiger partial charge in [-0.1, -0.05) is 30.8 Å². The summed E-state index contributed by atoms with van der Waals surface area (Å²) in [5.74, 6) is 2.96. The van der Waals surface area contributed by atoms with Gasteiger partial charge in [0.2, 0.25) is 5.91 Å². The van der Waals surface area contributed by atoms with Crippen molar-refractivity contribution in [2.24, 2.45) is 5.92 Å². The van der Waals surface area contributed by atoms with Crippen LogP contribution >= 0.6 is 0 Å². The molecule has 1 atom stereocenters. The summed E-state index contributed by atoms with van der Waals surface area (Å²) in [4.78, 5) is 15.2. The van der Waals surface area contributed by atoms with E-state index in [0.717, 1.165) is 29.7 Å². The fraction of sp³-hybridized carbons (Fsp3) is 0.565. The highest BCUT2D eigenvalue weighted by atomic mass is 16.5. The smallest absolute Gasteiger partial charge is 0.223 e. The second-order valence-corrected chi connectivity index (χ2v) is 8.21. The van der Waals surface area contributed by atoms with Crippen LogP contribution in [0.15, 0.2) is 22.7 Å². The van der Waals surface area contributed by atoms with Crippen molar-refractivity contribution in [2.75, 3.05) is 20.8 Å². The van der Waals surface area contributed by atoms with E-state index in [-0.39, 0.29) is 11.9 Å². The summed E-state index contributed by atoms with van der Waals surface area (Å²) in [7, 11) is 3.27. The lowest BCUT2D eigenvalue weighted by Crippen LogP contribution is -2.40. The van der Waals surface area contributed by atoms with E-state index in [4.69, 9.17) is 14.0 Å². The number of carbonyl (C=O) groups excluding carboxylic acids is 1. The molecular weight excluding hydrogens is 368 g/mol. The van der Waals surface area contributed by atoms with Crippen LogP contribution in [0.1, 0.15) is 67.1 Å². The summed E-state index contributed by atoms with van der Waals surface area (Å²) in [6.07, 6.45) is 7.49. The third-order valence-electron chi connectivity index (χ3n) is 6.35. The molecule has 156 valence electrons. The van der Waals surface area contributed by atoms with E-state index in [9.17, 15) is 4.79 Å². The van der Waals surface area contributed by atoms with Gasteiger partial charge in [0, 0.05) is 19.0 Å². The first-order chi connectivity index (χ1) is 14.1. The number of rotatable bonds is 6. The van der Waals surface area contributed by atoms with E-state index in [1.165, 1.54) is 25.7 Å². The zero-order chi connectivity index (χ0) is 20.4. The minimum atomic E-state index is -0.282. The van der Waals surface area contributed by atoms with Gasteiger partial charge in [0.25, 0.3) is 0 Å². The maximum absolute atomic E-state index is 13.2. The molecule has 1 fully saturated rings. The van der Waals surface area contributed by atoms with Crippen molar-refractivity contribution in [3.8, 4) is 11.5 Å². The molecule has 0 saturated heterocycles. The number of benzene rings is 1. The van der Waals surface area contributed by atoms with Crippen molar-refractivity contribution in [3.63, 3.8) is 0 Å². The van der Waals surface area contributed by atoms with E-state index >= 15 is 0 Å². The number of fused-ring (bicyclic) bond motifs is 1. The molecular formula is C23H30N2O4. The van der Waals surface area contributed by atoms with Gasteiger partial charge in [0.1, 0.15) is 6.04 Å². The highest BCUT2D eigenvalue weighted by molar-refractivity contribution is 5.78. The summed E-state index contributed by atoms with van der Waals surface area (Å²) >= 11 is 0. The first-order valence-electron chi connectivity index (χ1n) is 10.6. The molecule has 2 aliphatic rings. The second kappa shape index (κ2) is 8.47. The molecule has 1 aliphatic carbocycles. The predicted octanol–water partition coefficient (Wildman–Crippen LogP) is 4.44. The van der Waals surface area contributed by atoms with E-state index in [1.807, 2.05) is 30.0 Å². The average molecular weight is 399 g/mol. The van der Waals surface area contributed by atoms with Gasteiger partial charge in [0.15, 0.2) is 17.3 Å². The predicted molar refractivity (Wildman–Crippen MR) is 109 cm³/mol. The van der Waals surface area contributed by atoms with Crippen molar-refractivity contribution in [2.45, 2.75) is 57.9 Å². The molecule has 2 heterocycles. The summed E-state index contributed by atoms with van der Waals surface area (Å²) in [6.45, 7) is 2.56. The Morgan fingerprint density at radius 1 is 1.17 bits per heavy atom. The van der Waals surface area contributed by atoms with Crippen molar-refractivity contribution in [1.29, 1.82) is 0 Å². The number of hydrogen-bond donors (Lipinski definition) is 0. The SMILES string of the molecule is COc1cc2c(cc1OC)[C@@H](c1cc(C)no1)N(C(=O)CCC1CCCC1)CC2. The Bertz CT molecular complexity index is 870. The minimum absolute atomic E-state index is 0.191. The minimum Gasteiger partial charge on any atom is -0.493 e. The largest absolute Gasteiger partial charge is 0.493 e. The number of hydrogen-bond acceptors (Lipinski definition) is 5. The molecule has 1 amide bonds. The van der Waals surface area contributed by atoms with Crippen LogP contribution in [0.5, 0.6) is 11.5 Å². The summed E-state index contributed by atoms with van der Waals surface area (Å²) < 4.78 is 16.6. The van der Waals surface area contributed by atoms with Crippen molar-refractivity contribution >= 4 is 5.91 Å². The first kappa shape index (κ1) is 19.8. The number of amides is 1. The fourth-order valence-electron chi connectivity index (χ4n) is 4.80. The van der Waals surface area contributed by atoms with Crippen molar-refractivity contribution < 1.29 is 18.8 Å². The molecule has 0 radical (unpaired) electrons. The Balaban J connectivity index is 1.66. The molecule has 2 aromatic rings. The first-order valence-corrected chi connectivity index (χ1v) is 10.6. The van der Waals surface area contributed by atoms with Crippen LogP contribution in [0, 0.1) is 12.8 Å². The Hall–Kier alpha value is -2.50. The Labute approximate surface area is 172 Å². The van der Waals surface area contributed by atoms with Gasteiger partial charge in [-0.3, -0.25) is 4.79 Å². The quantitative estimate of drug-likeness (QED) is 0.719. The highest BCUT2D eigenvalue weighted by Gasteiger charge is 2.35. The van der Waals surface area contributed by atoms with Gasteiger partial charge in [-0.25, -0.2) is 0 Å². The third kappa shape index (κ3) is 3.98. The van der Waals surface area contributed by atoms with E-state index < -0.39 is 0 Å². The number of nitrogens with zero attached hydrogens (tertiary/aromatic N) is 2. The lowest BCUT2D eigenvalue weighted by atomic mass is 9.89. The number of carbonyl (C=O) groups is 1. The molecule has 4 rings (SSSR count). The Kier molecular flexibility index (Phi) is 5.79. The normalized spacial score (nSPS) is 19.3. The Morgan fingerprint density at radius 3 is 2.55 bits per heavy atom. The summed E-state index contributed by atoms with van der Waals surface area (Å²) in [5, 5.41) is 4.07. The van der Waals surface area contributed by atoms with Crippen LogP contribution < -0.4 is 9.47 Å². The standard InChI is InChI=1S/C23H30N2O4/c1-15-12-21(29-24-15)23-18-14-20(28-3)19(27-2)13-17(18)10-11-25(23)22(26)9-8-16-6-4-5-7-16/h12-14,16,23H,4-11H2,1-3H3/t23-/m0/s1. The highest BCUT2D eigenvalue weighted by Crippen LogP contribution is 2.41. The van der Waals surface area contributed by atoms with Crippen LogP contribution in [0.4, 0.5) is 0 Å². The van der Waals surface area contributed by atoms with Gasteiger partial charge in [-0.2, -0.15) is 0 Å². The molecule has 0 bridgehead atoms. The third-order valence-corrected chi connectivity index (χ3v) is 6.35. The lowest BCUT2D eigenvalue weighted by Gasteiger charge is -2.36. The van der Waals surface area contributed by atoms with Crippen LogP contribution in [0.2, 0.25) is 0 Å². The van der Waals surface area contributed by atoms with Crippen molar-refractivity contribution in [3.05, 3.63) is 40.8 Å². The monoisotopic (exact) mass is 398 g/mol. The van der Waals surface area contributed by atoms with Gasteiger partial charge >= 0.3 is 0 Å². The molecule has 1 saturated carbocycles.